The molecule has 382 valence electrons. The van der Waals surface area contributed by atoms with Crippen LogP contribution in [0.5, 0.6) is 17.4 Å². The number of nitrogens with one attached hydrogen (secondary N) is 1. The lowest BCUT2D eigenvalue weighted by Crippen LogP contribution is -2.48. The highest BCUT2D eigenvalue weighted by atomic mass is 32.1. The molecule has 16 heteroatoms. The summed E-state index contributed by atoms with van der Waals surface area (Å²) in [4.78, 5) is 54.3. The Morgan fingerprint density at radius 1 is 0.932 bits per heavy atom. The fraction of sp³-hybridized carbons (Fsp3) is 0.368. The van der Waals surface area contributed by atoms with Crippen molar-refractivity contribution < 1.29 is 43.3 Å². The second-order valence-electron chi connectivity index (χ2n) is 18.9. The maximum Gasteiger partial charge on any atom is 0.257 e. The van der Waals surface area contributed by atoms with Crippen LogP contribution in [-0.4, -0.2) is 112 Å². The van der Waals surface area contributed by atoms with Crippen LogP contribution in [0.3, 0.4) is 0 Å². The number of nitrogens with zero attached hydrogens (tertiary/aromatic N) is 5. The zero-order valence-corrected chi connectivity index (χ0v) is 43.1. The molecular formula is C57H64N6O9S. The summed E-state index contributed by atoms with van der Waals surface area (Å²) >= 11 is 1.56. The summed E-state index contributed by atoms with van der Waals surface area (Å²) in [7, 11) is 1.76. The van der Waals surface area contributed by atoms with Crippen LogP contribution in [0, 0.1) is 12.8 Å². The number of rotatable bonds is 22. The van der Waals surface area contributed by atoms with Gasteiger partial charge in [0, 0.05) is 39.1 Å². The molecule has 0 bridgehead atoms. The highest BCUT2D eigenvalue weighted by Crippen LogP contribution is 2.38. The molecule has 73 heavy (non-hydrogen) atoms. The van der Waals surface area contributed by atoms with Crippen LogP contribution in [0.15, 0.2) is 124 Å². The van der Waals surface area contributed by atoms with Crippen LogP contribution in [0.1, 0.15) is 93.0 Å². The number of amides is 3. The van der Waals surface area contributed by atoms with Gasteiger partial charge in [-0.2, -0.15) is 0 Å². The number of thiazole rings is 1. The van der Waals surface area contributed by atoms with Gasteiger partial charge in [0.15, 0.2) is 11.3 Å². The molecule has 4 heterocycles. The number of benzene rings is 4. The number of aliphatic hydroxyl groups excluding tert-OH is 1. The van der Waals surface area contributed by atoms with Crippen molar-refractivity contribution >= 4 is 46.0 Å². The minimum Gasteiger partial charge on any atom is -0.508 e. The number of β-amino-alcohol motifs (C(OH)–C–C–N with tert-alkyl or cyclic N) is 1. The van der Waals surface area contributed by atoms with E-state index in [9.17, 15) is 24.6 Å². The molecule has 0 saturated carbocycles. The summed E-state index contributed by atoms with van der Waals surface area (Å²) in [6.07, 6.45) is 1.07. The summed E-state index contributed by atoms with van der Waals surface area (Å²) in [5, 5.41) is 27.8. The summed E-state index contributed by atoms with van der Waals surface area (Å²) in [5.41, 5.74) is 8.71. The highest BCUT2D eigenvalue weighted by Gasteiger charge is 2.48. The van der Waals surface area contributed by atoms with Gasteiger partial charge < -0.3 is 44.1 Å². The number of aliphatic hydroxyl groups is 1. The Balaban J connectivity index is 0.767. The minimum absolute atomic E-state index is 0.0155. The van der Waals surface area contributed by atoms with Gasteiger partial charge >= 0.3 is 0 Å². The Morgan fingerprint density at radius 3 is 2.32 bits per heavy atom. The Hall–Kier alpha value is -7.14. The zero-order chi connectivity index (χ0) is 51.6. The number of aryl methyl sites for hydroxylation is 1. The first-order valence-corrected chi connectivity index (χ1v) is 25.7. The number of carbonyl (C=O) groups excluding carboxylic acids is 3. The molecule has 3 amide bonds. The second-order valence-corrected chi connectivity index (χ2v) is 19.8. The molecule has 4 atom stereocenters. The van der Waals surface area contributed by atoms with Crippen LogP contribution in [0.2, 0.25) is 0 Å². The summed E-state index contributed by atoms with van der Waals surface area (Å²) in [5.74, 6) is 0.220. The molecule has 0 unspecified atom stereocenters. The largest absolute Gasteiger partial charge is 0.508 e. The number of hydrogen-bond donors (Lipinski definition) is 3. The molecular weight excluding hydrogens is 945 g/mol. The van der Waals surface area contributed by atoms with Crippen LogP contribution in [0.25, 0.3) is 21.6 Å². The third-order valence-electron chi connectivity index (χ3n) is 13.5. The monoisotopic (exact) mass is 1010 g/mol. The number of likely N-dealkylation sites (tertiary alicyclic amines) is 1. The highest BCUT2D eigenvalue weighted by molar-refractivity contribution is 7.13. The van der Waals surface area contributed by atoms with E-state index in [1.54, 1.807) is 58.8 Å². The standard InChI is InChI=1S/C57H64N6O9S/c1-7-46(38-12-9-8-10-13-38)52(39-17-23-43(64)24-18-39)40-19-25-45(26-20-40)70-29-27-62(6)50(66)14-11-28-69-30-31-71-49-33-48(72-61-49)51(36(2)3)55(67)63-34-44(65)32-47(63)54-59-56(68)57(5,60-54)42-21-15-41(16-22-42)53-37(4)58-35-73-53/h8-10,12-13,15-26,33,35-36,44,47,51,64-65H,7,11,14,27-32,34H2,1-6H3,(H,59,60,68)/b52-46-/t44-,47+,51+,57-/m1/s1. The lowest BCUT2D eigenvalue weighted by molar-refractivity contribution is -0.134. The van der Waals surface area contributed by atoms with E-state index in [1.165, 1.54) is 5.57 Å². The number of ether oxygens (including phenoxy) is 3. The maximum atomic E-state index is 14.4. The van der Waals surface area contributed by atoms with E-state index in [2.05, 4.69) is 34.5 Å². The average Bonchev–Trinajstić information content (AvgIpc) is 4.20. The molecule has 0 spiro atoms. The average molecular weight is 1010 g/mol. The predicted octanol–water partition coefficient (Wildman–Crippen LogP) is 9.04. The first-order valence-electron chi connectivity index (χ1n) is 24.9. The van der Waals surface area contributed by atoms with E-state index < -0.39 is 23.6 Å². The number of phenols is 1. The van der Waals surface area contributed by atoms with E-state index >= 15 is 0 Å². The maximum absolute atomic E-state index is 14.4. The third kappa shape index (κ3) is 12.2. The van der Waals surface area contributed by atoms with Gasteiger partial charge in [0.1, 0.15) is 36.5 Å². The van der Waals surface area contributed by atoms with E-state index in [4.69, 9.17) is 23.7 Å². The zero-order valence-electron chi connectivity index (χ0n) is 42.2. The molecule has 0 aliphatic carbocycles. The summed E-state index contributed by atoms with van der Waals surface area (Å²) < 4.78 is 23.3. The molecule has 3 N–H and O–H groups in total. The number of carbonyl (C=O) groups is 3. The van der Waals surface area contributed by atoms with E-state index in [0.717, 1.165) is 44.8 Å². The lowest BCUT2D eigenvalue weighted by Gasteiger charge is -2.29. The summed E-state index contributed by atoms with van der Waals surface area (Å²) in [6, 6.07) is 34.2. The number of aromatic hydroxyl groups is 1. The molecule has 6 aromatic rings. The number of amidine groups is 1. The van der Waals surface area contributed by atoms with E-state index in [0.29, 0.717) is 55.5 Å². The molecule has 0 radical (unpaired) electrons. The normalized spacial score (nSPS) is 18.3. The first kappa shape index (κ1) is 52.2. The van der Waals surface area contributed by atoms with Crippen molar-refractivity contribution in [2.75, 3.05) is 46.6 Å². The smallest absolute Gasteiger partial charge is 0.257 e. The molecule has 15 nitrogen and oxygen atoms in total. The molecule has 2 aromatic heterocycles. The Kier molecular flexibility index (Phi) is 16.9. The third-order valence-corrected chi connectivity index (χ3v) is 14.4. The van der Waals surface area contributed by atoms with Crippen molar-refractivity contribution in [2.24, 2.45) is 10.9 Å². The van der Waals surface area contributed by atoms with Crippen molar-refractivity contribution in [2.45, 2.75) is 83.9 Å². The minimum atomic E-state index is -1.22. The van der Waals surface area contributed by atoms with Crippen molar-refractivity contribution in [3.8, 4) is 27.8 Å². The van der Waals surface area contributed by atoms with Crippen molar-refractivity contribution in [3.63, 3.8) is 0 Å². The van der Waals surface area contributed by atoms with Crippen LogP contribution >= 0.6 is 11.3 Å². The molecule has 8 rings (SSSR count). The quantitative estimate of drug-likeness (QED) is 0.0435. The van der Waals surface area contributed by atoms with Gasteiger partial charge in [-0.05, 0) is 101 Å². The van der Waals surface area contributed by atoms with Crippen molar-refractivity contribution in [1.82, 2.24) is 25.3 Å². The topological polar surface area (TPSA) is 189 Å². The first-order chi connectivity index (χ1) is 35.2. The lowest BCUT2D eigenvalue weighted by atomic mass is 9.88. The Morgan fingerprint density at radius 2 is 1.64 bits per heavy atom. The molecule has 4 aromatic carbocycles. The predicted molar refractivity (Wildman–Crippen MR) is 281 cm³/mol. The van der Waals surface area contributed by atoms with E-state index in [-0.39, 0.29) is 61.4 Å². The Bertz CT molecular complexity index is 2900. The number of aliphatic imine (C=N–C) groups is 1. The van der Waals surface area contributed by atoms with Crippen LogP contribution < -0.4 is 14.8 Å². The molecule has 2 aliphatic heterocycles. The van der Waals surface area contributed by atoms with Crippen LogP contribution in [-0.2, 0) is 24.7 Å². The number of allylic oxidation sites excluding steroid dienone is 1. The Labute approximate surface area is 430 Å². The number of aromatic nitrogens is 2. The molecule has 2 aliphatic rings. The van der Waals surface area contributed by atoms with Gasteiger partial charge in [-0.25, -0.2) is 9.98 Å². The van der Waals surface area contributed by atoms with Gasteiger partial charge in [-0.3, -0.25) is 14.4 Å². The van der Waals surface area contributed by atoms with Crippen molar-refractivity contribution in [3.05, 3.63) is 148 Å². The van der Waals surface area contributed by atoms with Gasteiger partial charge in [-0.1, -0.05) is 99.6 Å². The number of hydrogen-bond acceptors (Lipinski definition) is 13. The summed E-state index contributed by atoms with van der Waals surface area (Å²) in [6.45, 7) is 11.3. The van der Waals surface area contributed by atoms with Gasteiger partial charge in [0.2, 0.25) is 11.8 Å². The fourth-order valence-electron chi connectivity index (χ4n) is 9.43. The second kappa shape index (κ2) is 23.6. The van der Waals surface area contributed by atoms with Crippen LogP contribution in [0.4, 0.5) is 0 Å². The van der Waals surface area contributed by atoms with E-state index in [1.807, 2.05) is 99.6 Å². The number of phenolic OH excluding ortho intramolecular Hbond substituents is 1. The number of likely N-dealkylation sites (N-methyl/N-ethyl adjacent to an activating group) is 1. The molecule has 1 saturated heterocycles. The van der Waals surface area contributed by atoms with Gasteiger partial charge in [-0.15, -0.1) is 11.3 Å². The van der Waals surface area contributed by atoms with Gasteiger partial charge in [0.25, 0.3) is 11.8 Å². The molecule has 1 fully saturated rings. The van der Waals surface area contributed by atoms with Gasteiger partial charge in [0.05, 0.1) is 41.4 Å². The SMILES string of the molecule is CC/C(=C(\c1ccc(O)cc1)c1ccc(OCCN(C)C(=O)CCCOCCOc2cc([C@@H](C(=O)N3C[C@H](O)C[C@H]3C3=N[C@](C)(c4ccc(-c5scnc5C)cc4)C(=O)N3)C(C)C)on2)cc1)c1ccccc1. The van der Waals surface area contributed by atoms with Crippen molar-refractivity contribution in [1.29, 1.82) is 0 Å². The fourth-order valence-corrected chi connectivity index (χ4v) is 10.2.